The Labute approximate surface area is 195 Å². The zero-order chi connectivity index (χ0) is 22.8. The molecule has 0 saturated carbocycles. The molecule has 168 valence electrons. The molecule has 1 saturated heterocycles. The lowest BCUT2D eigenvalue weighted by Gasteiger charge is -2.28. The fourth-order valence-electron chi connectivity index (χ4n) is 4.61. The van der Waals surface area contributed by atoms with Crippen LogP contribution in [-0.4, -0.2) is 51.9 Å². The van der Waals surface area contributed by atoms with Crippen LogP contribution in [0.2, 0.25) is 0 Å². The molecule has 4 rings (SSSR count). The number of nitrogens with one attached hydrogen (secondary N) is 1. The third-order valence-electron chi connectivity index (χ3n) is 6.17. The maximum absolute atomic E-state index is 9.46. The van der Waals surface area contributed by atoms with Crippen LogP contribution >= 0.6 is 12.2 Å². The maximum atomic E-state index is 9.46. The maximum Gasteiger partial charge on any atom is 0.170 e. The molecule has 32 heavy (non-hydrogen) atoms. The molecular weight excluding hydrogens is 418 g/mol. The first-order chi connectivity index (χ1) is 15.4. The summed E-state index contributed by atoms with van der Waals surface area (Å²) >= 11 is 5.72. The van der Waals surface area contributed by atoms with Gasteiger partial charge in [-0.25, -0.2) is 0 Å². The third-order valence-corrected chi connectivity index (χ3v) is 6.52. The Morgan fingerprint density at radius 1 is 1.12 bits per heavy atom. The van der Waals surface area contributed by atoms with Crippen LogP contribution in [0.25, 0.3) is 5.69 Å². The zero-order valence-corrected chi connectivity index (χ0v) is 19.9. The van der Waals surface area contributed by atoms with Crippen molar-refractivity contribution in [3.63, 3.8) is 0 Å². The summed E-state index contributed by atoms with van der Waals surface area (Å²) in [5, 5.41) is 13.7. The van der Waals surface area contributed by atoms with E-state index >= 15 is 0 Å². The summed E-state index contributed by atoms with van der Waals surface area (Å²) in [4.78, 5) is 8.92. The van der Waals surface area contributed by atoms with Crippen molar-refractivity contribution < 1.29 is 5.11 Å². The minimum absolute atomic E-state index is 0.00458. The van der Waals surface area contributed by atoms with Crippen LogP contribution in [0.4, 0.5) is 5.69 Å². The average molecular weight is 450 g/mol. The van der Waals surface area contributed by atoms with Crippen molar-refractivity contribution in [3.8, 4) is 5.69 Å². The van der Waals surface area contributed by atoms with Crippen molar-refractivity contribution in [1.82, 2.24) is 19.8 Å². The van der Waals surface area contributed by atoms with Crippen molar-refractivity contribution in [2.75, 3.05) is 32.1 Å². The van der Waals surface area contributed by atoms with Crippen LogP contribution in [0, 0.1) is 13.8 Å². The van der Waals surface area contributed by atoms with Gasteiger partial charge in [0.05, 0.1) is 17.8 Å². The first-order valence-electron chi connectivity index (χ1n) is 11.0. The highest BCUT2D eigenvalue weighted by atomic mass is 32.1. The van der Waals surface area contributed by atoms with E-state index in [0.717, 1.165) is 11.4 Å². The van der Waals surface area contributed by atoms with Crippen molar-refractivity contribution in [2.24, 2.45) is 0 Å². The molecular formula is C25H31N5OS. The first kappa shape index (κ1) is 22.3. The first-order valence-corrected chi connectivity index (χ1v) is 11.4. The molecule has 0 unspecified atom stereocenters. The third kappa shape index (κ3) is 4.10. The number of hydrogen-bond donors (Lipinski definition) is 2. The second kappa shape index (κ2) is 9.30. The molecule has 1 aromatic carbocycles. The number of aliphatic hydroxyl groups is 1. The van der Waals surface area contributed by atoms with Gasteiger partial charge in [-0.1, -0.05) is 6.07 Å². The highest BCUT2D eigenvalue weighted by Crippen LogP contribution is 2.41. The van der Waals surface area contributed by atoms with E-state index in [1.165, 1.54) is 22.6 Å². The normalized spacial score (nSPS) is 18.2. The van der Waals surface area contributed by atoms with Gasteiger partial charge in [0.1, 0.15) is 0 Å². The summed E-state index contributed by atoms with van der Waals surface area (Å²) in [6.45, 7) is 5.14. The van der Waals surface area contributed by atoms with Crippen molar-refractivity contribution in [3.05, 3.63) is 77.4 Å². The molecule has 0 radical (unpaired) electrons. The SMILES string of the molecule is Cc1cc([C@H]2[C@@H](c3ccccn3)NC(=S)N2CCCO)c(C)n1-c1ccc(N(C)C)cc1. The van der Waals surface area contributed by atoms with E-state index in [9.17, 15) is 5.11 Å². The fraction of sp³-hybridized carbons (Fsp3) is 0.360. The molecule has 0 aliphatic carbocycles. The summed E-state index contributed by atoms with van der Waals surface area (Å²) in [6, 6.07) is 16.8. The van der Waals surface area contributed by atoms with Gasteiger partial charge in [-0.15, -0.1) is 0 Å². The van der Waals surface area contributed by atoms with Gasteiger partial charge >= 0.3 is 0 Å². The smallest absolute Gasteiger partial charge is 0.170 e. The number of aryl methyl sites for hydroxylation is 1. The number of hydrogen-bond acceptors (Lipinski definition) is 4. The van der Waals surface area contributed by atoms with Crippen LogP contribution in [0.5, 0.6) is 0 Å². The number of benzene rings is 1. The molecule has 2 aromatic heterocycles. The number of pyridine rings is 1. The molecule has 1 aliphatic heterocycles. The molecule has 2 atom stereocenters. The Balaban J connectivity index is 1.78. The Bertz CT molecular complexity index is 1080. The van der Waals surface area contributed by atoms with Crippen LogP contribution in [0.15, 0.2) is 54.7 Å². The Kier molecular flexibility index (Phi) is 6.48. The van der Waals surface area contributed by atoms with Gasteiger partial charge < -0.3 is 24.8 Å². The van der Waals surface area contributed by atoms with E-state index in [1.807, 2.05) is 38.5 Å². The Morgan fingerprint density at radius 3 is 2.50 bits per heavy atom. The zero-order valence-electron chi connectivity index (χ0n) is 19.1. The quantitative estimate of drug-likeness (QED) is 0.534. The van der Waals surface area contributed by atoms with E-state index in [-0.39, 0.29) is 18.7 Å². The Morgan fingerprint density at radius 2 is 1.88 bits per heavy atom. The van der Waals surface area contributed by atoms with Crippen LogP contribution < -0.4 is 10.2 Å². The van der Waals surface area contributed by atoms with Gasteiger partial charge in [0.15, 0.2) is 5.11 Å². The number of aliphatic hydroxyl groups excluding tert-OH is 1. The van der Waals surface area contributed by atoms with Gasteiger partial charge in [-0.2, -0.15) is 0 Å². The minimum atomic E-state index is -0.0486. The van der Waals surface area contributed by atoms with E-state index in [0.29, 0.717) is 18.1 Å². The largest absolute Gasteiger partial charge is 0.396 e. The predicted octanol–water partition coefficient (Wildman–Crippen LogP) is 3.91. The van der Waals surface area contributed by atoms with Crippen molar-refractivity contribution >= 4 is 23.0 Å². The van der Waals surface area contributed by atoms with E-state index in [2.05, 4.69) is 68.8 Å². The minimum Gasteiger partial charge on any atom is -0.396 e. The van der Waals surface area contributed by atoms with Crippen LogP contribution in [0.3, 0.4) is 0 Å². The Hall–Kier alpha value is -2.90. The van der Waals surface area contributed by atoms with Gasteiger partial charge in [0.25, 0.3) is 0 Å². The lowest BCUT2D eigenvalue weighted by Crippen LogP contribution is -2.31. The lowest BCUT2D eigenvalue weighted by atomic mass is 9.96. The monoisotopic (exact) mass is 449 g/mol. The lowest BCUT2D eigenvalue weighted by molar-refractivity contribution is 0.247. The van der Waals surface area contributed by atoms with E-state index in [1.54, 1.807) is 0 Å². The topological polar surface area (TPSA) is 56.6 Å². The van der Waals surface area contributed by atoms with Gasteiger partial charge in [0, 0.05) is 56.2 Å². The molecule has 0 spiro atoms. The van der Waals surface area contributed by atoms with Gasteiger partial charge in [0.2, 0.25) is 0 Å². The molecule has 0 amide bonds. The van der Waals surface area contributed by atoms with Crippen molar-refractivity contribution in [2.45, 2.75) is 32.4 Å². The number of nitrogens with zero attached hydrogens (tertiary/aromatic N) is 4. The summed E-state index contributed by atoms with van der Waals surface area (Å²) in [5.74, 6) is 0. The van der Waals surface area contributed by atoms with E-state index in [4.69, 9.17) is 12.2 Å². The molecule has 6 nitrogen and oxygen atoms in total. The molecule has 7 heteroatoms. The average Bonchev–Trinajstić information content (AvgIpc) is 3.27. The molecule has 3 aromatic rings. The second-order valence-electron chi connectivity index (χ2n) is 8.47. The molecule has 3 heterocycles. The molecule has 1 fully saturated rings. The van der Waals surface area contributed by atoms with Gasteiger partial charge in [-0.05, 0) is 80.5 Å². The van der Waals surface area contributed by atoms with Crippen LogP contribution in [0.1, 0.15) is 41.1 Å². The number of rotatable bonds is 7. The van der Waals surface area contributed by atoms with Crippen LogP contribution in [-0.2, 0) is 0 Å². The number of anilines is 1. The summed E-state index contributed by atoms with van der Waals surface area (Å²) in [7, 11) is 4.10. The number of thiocarbonyl (C=S) groups is 1. The van der Waals surface area contributed by atoms with Gasteiger partial charge in [-0.3, -0.25) is 4.98 Å². The second-order valence-corrected chi connectivity index (χ2v) is 8.86. The fourth-order valence-corrected chi connectivity index (χ4v) is 4.94. The molecule has 2 N–H and O–H groups in total. The van der Waals surface area contributed by atoms with Crippen molar-refractivity contribution in [1.29, 1.82) is 0 Å². The molecule has 1 aliphatic rings. The van der Waals surface area contributed by atoms with E-state index < -0.39 is 0 Å². The highest BCUT2D eigenvalue weighted by molar-refractivity contribution is 7.80. The summed E-state index contributed by atoms with van der Waals surface area (Å²) in [5.41, 5.74) is 6.86. The summed E-state index contributed by atoms with van der Waals surface area (Å²) < 4.78 is 2.30. The predicted molar refractivity (Wildman–Crippen MR) is 133 cm³/mol. The molecule has 0 bridgehead atoms. The standard InChI is InChI=1S/C25H31N5OS/c1-17-16-21(18(2)30(17)20-11-9-19(10-12-20)28(3)4)24-23(22-8-5-6-13-26-22)27-25(32)29(24)14-7-15-31/h5-6,8-13,16,23-24,31H,7,14-15H2,1-4H3,(H,27,32)/t23-,24+/m1/s1. The summed E-state index contributed by atoms with van der Waals surface area (Å²) in [6.07, 6.45) is 2.49. The number of aromatic nitrogens is 2. The highest BCUT2D eigenvalue weighted by Gasteiger charge is 2.41.